The molecule has 1 aliphatic rings. The fourth-order valence-electron chi connectivity index (χ4n) is 0.805. The van der Waals surface area contributed by atoms with Gasteiger partial charge in [0.1, 0.15) is 5.69 Å². The van der Waals surface area contributed by atoms with Gasteiger partial charge in [0.2, 0.25) is 5.03 Å². The highest BCUT2D eigenvalue weighted by Gasteiger charge is 2.29. The number of sulfonamides is 1. The summed E-state index contributed by atoms with van der Waals surface area (Å²) in [7, 11) is -3.32. The fraction of sp³-hybridized carbons (Fsp3) is 0.333. The molecule has 1 aromatic rings. The summed E-state index contributed by atoms with van der Waals surface area (Å²) in [5.41, 5.74) is 0.458. The van der Waals surface area contributed by atoms with Crippen molar-refractivity contribution in [3.05, 3.63) is 5.69 Å². The molecule has 0 unspecified atom stereocenters. The predicted molar refractivity (Wildman–Crippen MR) is 30.4 cm³/mol. The maximum atomic E-state index is 10.9. The van der Waals surface area contributed by atoms with Crippen molar-refractivity contribution in [3.63, 3.8) is 0 Å². The first-order valence-corrected chi connectivity index (χ1v) is 4.08. The largest absolute Gasteiger partial charge is 0.262 e. The van der Waals surface area contributed by atoms with E-state index in [-0.39, 0.29) is 11.6 Å². The summed E-state index contributed by atoms with van der Waals surface area (Å²) in [4.78, 5) is 0. The van der Waals surface area contributed by atoms with Gasteiger partial charge >= 0.3 is 0 Å². The Kier molecular flexibility index (Phi) is 0.902. The second kappa shape index (κ2) is 1.55. The van der Waals surface area contributed by atoms with Crippen molar-refractivity contribution in [3.8, 4) is 0 Å². The number of hydrogen-bond donors (Lipinski definition) is 2. The van der Waals surface area contributed by atoms with Crippen molar-refractivity contribution in [2.24, 2.45) is 0 Å². The Bertz CT molecular complexity index is 352. The molecule has 1 aliphatic heterocycles. The van der Waals surface area contributed by atoms with Gasteiger partial charge in [0, 0.05) is 0 Å². The molecule has 10 heavy (non-hydrogen) atoms. The molecular weight excluding hydrogens is 156 g/mol. The second-order valence-corrected chi connectivity index (χ2v) is 3.58. The minimum absolute atomic E-state index is 0.0208. The minimum Gasteiger partial charge on any atom is -0.205 e. The SMILES string of the molecule is O=S1(=O)NCc2n[nH]nc21. The molecule has 0 atom stereocenters. The molecule has 0 amide bonds. The quantitative estimate of drug-likeness (QED) is 0.488. The van der Waals surface area contributed by atoms with Crippen LogP contribution in [0.2, 0.25) is 0 Å². The van der Waals surface area contributed by atoms with Crippen LogP contribution in [0.3, 0.4) is 0 Å². The smallest absolute Gasteiger partial charge is 0.205 e. The number of aromatic nitrogens is 3. The molecule has 2 N–H and O–H groups in total. The van der Waals surface area contributed by atoms with Gasteiger partial charge in [-0.05, 0) is 0 Å². The van der Waals surface area contributed by atoms with Gasteiger partial charge in [0.25, 0.3) is 10.0 Å². The molecule has 6 nitrogen and oxygen atoms in total. The van der Waals surface area contributed by atoms with E-state index in [1.165, 1.54) is 0 Å². The number of fused-ring (bicyclic) bond motifs is 1. The van der Waals surface area contributed by atoms with Crippen molar-refractivity contribution in [2.75, 3.05) is 0 Å². The molecule has 54 valence electrons. The average Bonchev–Trinajstić information content (AvgIpc) is 2.36. The lowest BCUT2D eigenvalue weighted by atomic mass is 10.5. The van der Waals surface area contributed by atoms with E-state index in [0.29, 0.717) is 5.69 Å². The standard InChI is InChI=1S/C3H4N4O2S/c8-10(9)3-2(1-4-10)5-7-6-3/h4H,1H2,(H,5,6,7). The Morgan fingerprint density at radius 1 is 1.40 bits per heavy atom. The van der Waals surface area contributed by atoms with Crippen LogP contribution < -0.4 is 4.72 Å². The molecule has 0 aromatic carbocycles. The number of rotatable bonds is 0. The third-order valence-corrected chi connectivity index (χ3v) is 2.63. The molecular formula is C3H4N4O2S. The highest BCUT2D eigenvalue weighted by molar-refractivity contribution is 7.89. The van der Waals surface area contributed by atoms with E-state index in [9.17, 15) is 8.42 Å². The number of nitrogens with zero attached hydrogens (tertiary/aromatic N) is 2. The molecule has 0 aliphatic carbocycles. The average molecular weight is 160 g/mol. The summed E-state index contributed by atoms with van der Waals surface area (Å²) < 4.78 is 24.0. The Labute approximate surface area is 56.7 Å². The Morgan fingerprint density at radius 2 is 2.20 bits per heavy atom. The normalized spacial score (nSPS) is 20.8. The van der Waals surface area contributed by atoms with Crippen LogP contribution in [0.15, 0.2) is 5.03 Å². The zero-order valence-corrected chi connectivity index (χ0v) is 5.64. The van der Waals surface area contributed by atoms with Gasteiger partial charge in [-0.2, -0.15) is 10.3 Å². The van der Waals surface area contributed by atoms with Gasteiger partial charge in [-0.3, -0.25) is 0 Å². The summed E-state index contributed by atoms with van der Waals surface area (Å²) in [5, 5.41) is 9.34. The van der Waals surface area contributed by atoms with Crippen LogP contribution in [0.1, 0.15) is 5.69 Å². The second-order valence-electron chi connectivity index (χ2n) is 1.90. The molecule has 0 bridgehead atoms. The summed E-state index contributed by atoms with van der Waals surface area (Å²) in [5.74, 6) is 0. The number of aromatic amines is 1. The van der Waals surface area contributed by atoms with E-state index in [1.807, 2.05) is 0 Å². The molecule has 7 heteroatoms. The predicted octanol–water partition coefficient (Wildman–Crippen LogP) is -1.40. The third kappa shape index (κ3) is 0.582. The van der Waals surface area contributed by atoms with E-state index in [1.54, 1.807) is 0 Å². The van der Waals surface area contributed by atoms with Crippen LogP contribution in [0.4, 0.5) is 0 Å². The van der Waals surface area contributed by atoms with Crippen molar-refractivity contribution >= 4 is 10.0 Å². The highest BCUT2D eigenvalue weighted by Crippen LogP contribution is 2.15. The summed E-state index contributed by atoms with van der Waals surface area (Å²) in [6.45, 7) is 0.244. The van der Waals surface area contributed by atoms with Crippen LogP contribution in [-0.2, 0) is 16.6 Å². The van der Waals surface area contributed by atoms with Gasteiger partial charge in [-0.25, -0.2) is 13.1 Å². The van der Waals surface area contributed by atoms with E-state index in [2.05, 4.69) is 20.1 Å². The van der Waals surface area contributed by atoms with Crippen molar-refractivity contribution in [2.45, 2.75) is 11.6 Å². The highest BCUT2D eigenvalue weighted by atomic mass is 32.2. The first-order chi connectivity index (χ1) is 4.70. The zero-order chi connectivity index (χ0) is 7.19. The summed E-state index contributed by atoms with van der Waals surface area (Å²) in [6, 6.07) is 0. The van der Waals surface area contributed by atoms with Gasteiger partial charge in [-0.15, -0.1) is 5.10 Å². The minimum atomic E-state index is -3.32. The van der Waals surface area contributed by atoms with Crippen molar-refractivity contribution in [1.82, 2.24) is 20.1 Å². The lowest BCUT2D eigenvalue weighted by Crippen LogP contribution is -2.15. The van der Waals surface area contributed by atoms with Crippen molar-refractivity contribution < 1.29 is 8.42 Å². The van der Waals surface area contributed by atoms with Crippen LogP contribution >= 0.6 is 0 Å². The van der Waals surface area contributed by atoms with Gasteiger partial charge in [0.15, 0.2) is 0 Å². The summed E-state index contributed by atoms with van der Waals surface area (Å²) >= 11 is 0. The van der Waals surface area contributed by atoms with Gasteiger partial charge in [0.05, 0.1) is 6.54 Å². The van der Waals surface area contributed by atoms with Gasteiger partial charge in [-0.1, -0.05) is 0 Å². The molecule has 2 rings (SSSR count). The number of H-pyrrole nitrogens is 1. The van der Waals surface area contributed by atoms with E-state index >= 15 is 0 Å². The monoisotopic (exact) mass is 160 g/mol. The van der Waals surface area contributed by atoms with Crippen LogP contribution in [0, 0.1) is 0 Å². The Hall–Kier alpha value is -0.950. The topological polar surface area (TPSA) is 87.7 Å². The number of hydrogen-bond acceptors (Lipinski definition) is 4. The molecule has 0 spiro atoms. The maximum Gasteiger partial charge on any atom is 0.262 e. The first kappa shape index (κ1) is 5.81. The van der Waals surface area contributed by atoms with E-state index in [4.69, 9.17) is 0 Å². The van der Waals surface area contributed by atoms with Crippen LogP contribution in [0.5, 0.6) is 0 Å². The first-order valence-electron chi connectivity index (χ1n) is 2.59. The molecule has 0 saturated heterocycles. The Balaban J connectivity index is 2.76. The lowest BCUT2D eigenvalue weighted by molar-refractivity contribution is 0.585. The molecule has 0 radical (unpaired) electrons. The fourth-order valence-corrected chi connectivity index (χ4v) is 1.86. The van der Waals surface area contributed by atoms with E-state index in [0.717, 1.165) is 0 Å². The third-order valence-electron chi connectivity index (χ3n) is 1.27. The summed E-state index contributed by atoms with van der Waals surface area (Å²) in [6.07, 6.45) is 0. The van der Waals surface area contributed by atoms with Crippen LogP contribution in [-0.4, -0.2) is 23.8 Å². The molecule has 0 saturated carbocycles. The number of nitrogens with one attached hydrogen (secondary N) is 2. The van der Waals surface area contributed by atoms with E-state index < -0.39 is 10.0 Å². The van der Waals surface area contributed by atoms with Crippen molar-refractivity contribution in [1.29, 1.82) is 0 Å². The van der Waals surface area contributed by atoms with Crippen LogP contribution in [0.25, 0.3) is 0 Å². The zero-order valence-electron chi connectivity index (χ0n) is 4.83. The maximum absolute atomic E-state index is 10.9. The molecule has 0 fully saturated rings. The molecule has 2 heterocycles. The Morgan fingerprint density at radius 3 is 2.90 bits per heavy atom. The van der Waals surface area contributed by atoms with Gasteiger partial charge < -0.3 is 0 Å². The molecule has 1 aromatic heterocycles. The lowest BCUT2D eigenvalue weighted by Gasteiger charge is -1.87.